The molecule has 1 saturated heterocycles. The van der Waals surface area contributed by atoms with Gasteiger partial charge >= 0.3 is 0 Å². The predicted octanol–water partition coefficient (Wildman–Crippen LogP) is 1.13. The number of aryl methyl sites for hydroxylation is 1. The molecule has 4 rings (SSSR count). The summed E-state index contributed by atoms with van der Waals surface area (Å²) < 4.78 is 0. The van der Waals surface area contributed by atoms with Crippen LogP contribution in [-0.4, -0.2) is 34.6 Å². The minimum absolute atomic E-state index is 0.215. The molecular weight excluding hydrogens is 404 g/mol. The van der Waals surface area contributed by atoms with Crippen LogP contribution in [0.5, 0.6) is 0 Å². The molecule has 0 saturated carbocycles. The van der Waals surface area contributed by atoms with E-state index in [-0.39, 0.29) is 30.7 Å². The van der Waals surface area contributed by atoms with Gasteiger partial charge in [-0.25, -0.2) is 0 Å². The maximum atomic E-state index is 12.8. The number of fused-ring (bicyclic) bond motifs is 1. The Morgan fingerprint density at radius 1 is 1.30 bits per heavy atom. The highest BCUT2D eigenvalue weighted by molar-refractivity contribution is 7.10. The summed E-state index contributed by atoms with van der Waals surface area (Å²) in [7, 11) is 0. The van der Waals surface area contributed by atoms with Crippen molar-refractivity contribution >= 4 is 35.0 Å². The summed E-state index contributed by atoms with van der Waals surface area (Å²) in [6, 6.07) is 6.05. The molecule has 2 aliphatic heterocycles. The van der Waals surface area contributed by atoms with Crippen molar-refractivity contribution in [2.75, 3.05) is 0 Å². The average molecular weight is 426 g/mol. The molecule has 1 fully saturated rings. The number of rotatable bonds is 5. The van der Waals surface area contributed by atoms with E-state index >= 15 is 0 Å². The monoisotopic (exact) mass is 426 g/mol. The molecule has 0 spiro atoms. The topological polar surface area (TPSA) is 122 Å². The Kier molecular flexibility index (Phi) is 5.40. The SMILES string of the molecule is Cc1ccc(C(N)C(=O)NCc2scc3c2CN(C2CCC(=O)NC2=O)C3=O)cc1. The number of piperidine rings is 1. The molecule has 8 nitrogen and oxygen atoms in total. The number of hydrogen-bond acceptors (Lipinski definition) is 6. The molecule has 2 aliphatic rings. The van der Waals surface area contributed by atoms with Gasteiger partial charge < -0.3 is 16.0 Å². The fraction of sp³-hybridized carbons (Fsp3) is 0.333. The van der Waals surface area contributed by atoms with Gasteiger partial charge in [-0.1, -0.05) is 29.8 Å². The summed E-state index contributed by atoms with van der Waals surface area (Å²) in [5.74, 6) is -1.27. The largest absolute Gasteiger partial charge is 0.350 e. The van der Waals surface area contributed by atoms with E-state index in [4.69, 9.17) is 5.73 Å². The number of benzene rings is 1. The molecule has 0 aliphatic carbocycles. The van der Waals surface area contributed by atoms with Gasteiger partial charge in [0.2, 0.25) is 17.7 Å². The van der Waals surface area contributed by atoms with Gasteiger partial charge in [-0.2, -0.15) is 0 Å². The van der Waals surface area contributed by atoms with Crippen LogP contribution >= 0.6 is 11.3 Å². The van der Waals surface area contributed by atoms with Gasteiger partial charge in [0.05, 0.1) is 12.1 Å². The molecule has 3 heterocycles. The smallest absolute Gasteiger partial charge is 0.256 e. The van der Waals surface area contributed by atoms with Crippen LogP contribution in [0.15, 0.2) is 29.6 Å². The summed E-state index contributed by atoms with van der Waals surface area (Å²) in [4.78, 5) is 51.1. The third-order valence-electron chi connectivity index (χ3n) is 5.53. The number of imide groups is 1. The van der Waals surface area contributed by atoms with Crippen LogP contribution in [-0.2, 0) is 27.5 Å². The Morgan fingerprint density at radius 2 is 2.03 bits per heavy atom. The summed E-state index contributed by atoms with van der Waals surface area (Å²) in [6.45, 7) is 2.51. The minimum atomic E-state index is -0.778. The number of nitrogens with two attached hydrogens (primary N) is 1. The number of nitrogens with one attached hydrogen (secondary N) is 2. The van der Waals surface area contributed by atoms with Crippen molar-refractivity contribution < 1.29 is 19.2 Å². The van der Waals surface area contributed by atoms with Crippen molar-refractivity contribution in [3.05, 3.63) is 56.8 Å². The van der Waals surface area contributed by atoms with Gasteiger partial charge in [0.25, 0.3) is 5.91 Å². The molecular formula is C21H22N4O4S. The lowest BCUT2D eigenvalue weighted by Gasteiger charge is -2.29. The van der Waals surface area contributed by atoms with E-state index in [1.54, 1.807) is 5.38 Å². The van der Waals surface area contributed by atoms with Crippen molar-refractivity contribution in [3.63, 3.8) is 0 Å². The Labute approximate surface area is 177 Å². The van der Waals surface area contributed by atoms with Gasteiger partial charge in [0.15, 0.2) is 0 Å². The normalized spacial score (nSPS) is 19.5. The molecule has 2 atom stereocenters. The molecule has 0 bridgehead atoms. The Bertz CT molecular complexity index is 1030. The summed E-state index contributed by atoms with van der Waals surface area (Å²) >= 11 is 1.40. The molecule has 1 aromatic carbocycles. The van der Waals surface area contributed by atoms with Crippen molar-refractivity contribution in [3.8, 4) is 0 Å². The summed E-state index contributed by atoms with van der Waals surface area (Å²) in [5, 5.41) is 6.89. The Hall–Kier alpha value is -3.04. The van der Waals surface area contributed by atoms with E-state index in [0.717, 1.165) is 21.6 Å². The van der Waals surface area contributed by atoms with Gasteiger partial charge in [0.1, 0.15) is 12.1 Å². The zero-order chi connectivity index (χ0) is 21.4. The first-order chi connectivity index (χ1) is 14.3. The first kappa shape index (κ1) is 20.2. The zero-order valence-electron chi connectivity index (χ0n) is 16.4. The van der Waals surface area contributed by atoms with E-state index in [0.29, 0.717) is 18.5 Å². The Balaban J connectivity index is 1.42. The van der Waals surface area contributed by atoms with Gasteiger partial charge in [-0.05, 0) is 24.5 Å². The van der Waals surface area contributed by atoms with Gasteiger partial charge in [-0.3, -0.25) is 24.5 Å². The summed E-state index contributed by atoms with van der Waals surface area (Å²) in [5.41, 5.74) is 9.26. The number of nitrogens with zero attached hydrogens (tertiary/aromatic N) is 1. The molecule has 156 valence electrons. The lowest BCUT2D eigenvalue weighted by molar-refractivity contribution is -0.137. The summed E-state index contributed by atoms with van der Waals surface area (Å²) in [6.07, 6.45) is 0.536. The van der Waals surface area contributed by atoms with Crippen LogP contribution in [0.25, 0.3) is 0 Å². The van der Waals surface area contributed by atoms with E-state index in [2.05, 4.69) is 10.6 Å². The fourth-order valence-electron chi connectivity index (χ4n) is 3.75. The van der Waals surface area contributed by atoms with Crippen molar-refractivity contribution in [1.29, 1.82) is 0 Å². The Morgan fingerprint density at radius 3 is 2.73 bits per heavy atom. The third kappa shape index (κ3) is 3.73. The predicted molar refractivity (Wildman–Crippen MR) is 110 cm³/mol. The average Bonchev–Trinajstić information content (AvgIpc) is 3.26. The lowest BCUT2D eigenvalue weighted by Crippen LogP contribution is -2.52. The lowest BCUT2D eigenvalue weighted by atomic mass is 10.0. The van der Waals surface area contributed by atoms with Crippen LogP contribution in [0.1, 0.15) is 50.8 Å². The van der Waals surface area contributed by atoms with Gasteiger partial charge in [-0.15, -0.1) is 11.3 Å². The quantitative estimate of drug-likeness (QED) is 0.619. The molecule has 4 amide bonds. The first-order valence-electron chi connectivity index (χ1n) is 9.69. The van der Waals surface area contributed by atoms with E-state index in [1.807, 2.05) is 31.2 Å². The molecule has 0 radical (unpaired) electrons. The fourth-order valence-corrected chi connectivity index (χ4v) is 4.73. The molecule has 1 aromatic heterocycles. The van der Waals surface area contributed by atoms with Crippen LogP contribution in [0.3, 0.4) is 0 Å². The number of amides is 4. The number of hydrogen-bond donors (Lipinski definition) is 3. The highest BCUT2D eigenvalue weighted by Gasteiger charge is 2.40. The van der Waals surface area contributed by atoms with Crippen LogP contribution in [0.4, 0.5) is 0 Å². The third-order valence-corrected chi connectivity index (χ3v) is 6.56. The highest BCUT2D eigenvalue weighted by Crippen LogP contribution is 2.33. The van der Waals surface area contributed by atoms with E-state index < -0.39 is 18.0 Å². The molecule has 2 unspecified atom stereocenters. The maximum Gasteiger partial charge on any atom is 0.256 e. The number of carbonyl (C=O) groups is 4. The molecule has 4 N–H and O–H groups in total. The maximum absolute atomic E-state index is 12.8. The van der Waals surface area contributed by atoms with Crippen LogP contribution in [0.2, 0.25) is 0 Å². The second kappa shape index (κ2) is 8.00. The van der Waals surface area contributed by atoms with Crippen molar-refractivity contribution in [1.82, 2.24) is 15.5 Å². The molecule has 9 heteroatoms. The first-order valence-corrected chi connectivity index (χ1v) is 10.6. The van der Waals surface area contributed by atoms with E-state index in [1.165, 1.54) is 16.2 Å². The van der Waals surface area contributed by atoms with E-state index in [9.17, 15) is 19.2 Å². The minimum Gasteiger partial charge on any atom is -0.350 e. The molecule has 30 heavy (non-hydrogen) atoms. The number of carbonyl (C=O) groups excluding carboxylic acids is 4. The second-order valence-corrected chi connectivity index (χ2v) is 8.52. The van der Waals surface area contributed by atoms with Crippen molar-refractivity contribution in [2.45, 2.75) is 44.9 Å². The standard InChI is InChI=1S/C21H22N4O4S/c1-11-2-4-12(5-3-11)18(22)20(28)23-8-16-13-9-25(21(29)14(13)10-30-16)15-6-7-17(26)24-19(15)27/h2-5,10,15,18H,6-9,22H2,1H3,(H,23,28)(H,24,26,27). The number of thiophene rings is 1. The van der Waals surface area contributed by atoms with Crippen LogP contribution in [0, 0.1) is 6.92 Å². The van der Waals surface area contributed by atoms with Crippen molar-refractivity contribution in [2.24, 2.45) is 5.73 Å². The molecule has 2 aromatic rings. The van der Waals surface area contributed by atoms with Gasteiger partial charge in [0, 0.05) is 23.2 Å². The van der Waals surface area contributed by atoms with Crippen LogP contribution < -0.4 is 16.4 Å². The zero-order valence-corrected chi connectivity index (χ0v) is 17.3. The highest BCUT2D eigenvalue weighted by atomic mass is 32.1. The second-order valence-electron chi connectivity index (χ2n) is 7.56.